The predicted molar refractivity (Wildman–Crippen MR) is 92.1 cm³/mol. The lowest BCUT2D eigenvalue weighted by Gasteiger charge is -2.24. The molecule has 2 nitrogen and oxygen atoms in total. The fourth-order valence-electron chi connectivity index (χ4n) is 2.61. The van der Waals surface area contributed by atoms with Crippen LogP contribution in [-0.2, 0) is 6.42 Å². The second-order valence-electron chi connectivity index (χ2n) is 5.27. The van der Waals surface area contributed by atoms with Gasteiger partial charge in [0, 0.05) is 6.04 Å². The Labute approximate surface area is 135 Å². The second-order valence-corrected chi connectivity index (χ2v) is 6.12. The minimum Gasteiger partial charge on any atom is -0.496 e. The fraction of sp³-hybridized carbons (Fsp3) is 0.333. The Morgan fingerprint density at radius 2 is 1.86 bits per heavy atom. The van der Waals surface area contributed by atoms with Gasteiger partial charge in [-0.05, 0) is 58.6 Å². The summed E-state index contributed by atoms with van der Waals surface area (Å²) >= 11 is 3.56. The van der Waals surface area contributed by atoms with Crippen LogP contribution in [0.25, 0.3) is 0 Å². The van der Waals surface area contributed by atoms with Gasteiger partial charge in [-0.25, -0.2) is 0 Å². The summed E-state index contributed by atoms with van der Waals surface area (Å²) in [6.07, 6.45) is 0.981. The van der Waals surface area contributed by atoms with Crippen molar-refractivity contribution in [1.29, 1.82) is 0 Å². The van der Waals surface area contributed by atoms with Crippen LogP contribution in [0.4, 0.5) is 0 Å². The molecule has 0 saturated heterocycles. The molecule has 1 N–H and O–H groups in total. The Morgan fingerprint density at radius 3 is 2.43 bits per heavy atom. The molecule has 0 aliphatic carbocycles. The SMILES string of the molecule is CNC(Cc1ccc(OC)c(Br)c1)C(C)c1ccccc1. The molecular formula is C18H22BrNO. The molecule has 0 amide bonds. The first-order valence-electron chi connectivity index (χ1n) is 7.20. The van der Waals surface area contributed by atoms with Gasteiger partial charge in [-0.3, -0.25) is 0 Å². The summed E-state index contributed by atoms with van der Waals surface area (Å²) in [4.78, 5) is 0. The lowest BCUT2D eigenvalue weighted by atomic mass is 9.89. The number of benzene rings is 2. The Balaban J connectivity index is 2.14. The third kappa shape index (κ3) is 4.08. The van der Waals surface area contributed by atoms with Gasteiger partial charge in [0.1, 0.15) is 5.75 Å². The number of ether oxygens (including phenoxy) is 1. The number of hydrogen-bond donors (Lipinski definition) is 1. The third-order valence-corrected chi connectivity index (χ3v) is 4.59. The van der Waals surface area contributed by atoms with Crippen LogP contribution in [-0.4, -0.2) is 20.2 Å². The van der Waals surface area contributed by atoms with E-state index in [-0.39, 0.29) is 0 Å². The van der Waals surface area contributed by atoms with Gasteiger partial charge in [0.25, 0.3) is 0 Å². The van der Waals surface area contributed by atoms with E-state index in [1.54, 1.807) is 7.11 Å². The van der Waals surface area contributed by atoms with Gasteiger partial charge in [-0.15, -0.1) is 0 Å². The monoisotopic (exact) mass is 347 g/mol. The van der Waals surface area contributed by atoms with Crippen molar-refractivity contribution >= 4 is 15.9 Å². The van der Waals surface area contributed by atoms with Crippen molar-refractivity contribution in [2.24, 2.45) is 0 Å². The van der Waals surface area contributed by atoms with Crippen molar-refractivity contribution in [1.82, 2.24) is 5.32 Å². The van der Waals surface area contributed by atoms with Crippen molar-refractivity contribution < 1.29 is 4.74 Å². The molecule has 0 aliphatic rings. The molecule has 112 valence electrons. The second kappa shape index (κ2) is 7.62. The summed E-state index contributed by atoms with van der Waals surface area (Å²) in [6, 6.07) is 17.3. The van der Waals surface area contributed by atoms with Gasteiger partial charge < -0.3 is 10.1 Å². The van der Waals surface area contributed by atoms with E-state index in [9.17, 15) is 0 Å². The molecule has 0 aliphatic heterocycles. The largest absolute Gasteiger partial charge is 0.496 e. The highest BCUT2D eigenvalue weighted by Gasteiger charge is 2.18. The van der Waals surface area contributed by atoms with E-state index >= 15 is 0 Å². The molecule has 2 rings (SSSR count). The van der Waals surface area contributed by atoms with Crippen molar-refractivity contribution in [2.75, 3.05) is 14.2 Å². The zero-order valence-electron chi connectivity index (χ0n) is 12.8. The van der Waals surface area contributed by atoms with Gasteiger partial charge in [0.15, 0.2) is 0 Å². The Morgan fingerprint density at radius 1 is 1.14 bits per heavy atom. The van der Waals surface area contributed by atoms with Gasteiger partial charge in [0.2, 0.25) is 0 Å². The third-order valence-electron chi connectivity index (χ3n) is 3.97. The smallest absolute Gasteiger partial charge is 0.133 e. The molecule has 2 unspecified atom stereocenters. The van der Waals surface area contributed by atoms with E-state index < -0.39 is 0 Å². The lowest BCUT2D eigenvalue weighted by Crippen LogP contribution is -2.32. The molecule has 0 spiro atoms. The van der Waals surface area contributed by atoms with E-state index in [0.29, 0.717) is 12.0 Å². The molecule has 0 radical (unpaired) electrons. The molecule has 0 heterocycles. The molecule has 2 aromatic carbocycles. The van der Waals surface area contributed by atoms with Crippen LogP contribution in [0.5, 0.6) is 5.75 Å². The topological polar surface area (TPSA) is 21.3 Å². The molecule has 2 aromatic rings. The highest BCUT2D eigenvalue weighted by atomic mass is 79.9. The van der Waals surface area contributed by atoms with Crippen molar-refractivity contribution in [3.8, 4) is 5.75 Å². The average Bonchev–Trinajstić information content (AvgIpc) is 2.53. The first-order chi connectivity index (χ1) is 10.2. The van der Waals surface area contributed by atoms with Crippen LogP contribution in [0, 0.1) is 0 Å². The fourth-order valence-corrected chi connectivity index (χ4v) is 3.20. The molecule has 0 fully saturated rings. The number of hydrogen-bond acceptors (Lipinski definition) is 2. The standard InChI is InChI=1S/C18H22BrNO/c1-13(15-7-5-4-6-8-15)17(20-2)12-14-9-10-18(21-3)16(19)11-14/h4-11,13,17,20H,12H2,1-3H3. The normalized spacial score (nSPS) is 13.7. The highest BCUT2D eigenvalue weighted by molar-refractivity contribution is 9.10. The average molecular weight is 348 g/mol. The molecule has 2 atom stereocenters. The highest BCUT2D eigenvalue weighted by Crippen LogP contribution is 2.28. The maximum Gasteiger partial charge on any atom is 0.133 e. The Hall–Kier alpha value is -1.32. The van der Waals surface area contributed by atoms with Crippen molar-refractivity contribution in [3.05, 3.63) is 64.1 Å². The minimum absolute atomic E-state index is 0.396. The van der Waals surface area contributed by atoms with Gasteiger partial charge in [-0.2, -0.15) is 0 Å². The summed E-state index contributed by atoms with van der Waals surface area (Å²) in [5.74, 6) is 1.33. The zero-order chi connectivity index (χ0) is 15.2. The van der Waals surface area contributed by atoms with Gasteiger partial charge >= 0.3 is 0 Å². The molecule has 0 bridgehead atoms. The minimum atomic E-state index is 0.396. The van der Waals surface area contributed by atoms with Crippen molar-refractivity contribution in [3.63, 3.8) is 0 Å². The lowest BCUT2D eigenvalue weighted by molar-refractivity contribution is 0.411. The van der Waals surface area contributed by atoms with Gasteiger partial charge in [-0.1, -0.05) is 43.3 Å². The van der Waals surface area contributed by atoms with Crippen LogP contribution in [0.3, 0.4) is 0 Å². The van der Waals surface area contributed by atoms with Crippen LogP contribution in [0.2, 0.25) is 0 Å². The molecular weight excluding hydrogens is 326 g/mol. The maximum atomic E-state index is 5.29. The number of nitrogens with one attached hydrogen (secondary N) is 1. The van der Waals surface area contributed by atoms with E-state index in [4.69, 9.17) is 4.74 Å². The summed E-state index contributed by atoms with van der Waals surface area (Å²) in [5, 5.41) is 3.45. The van der Waals surface area contributed by atoms with Gasteiger partial charge in [0.05, 0.1) is 11.6 Å². The van der Waals surface area contributed by atoms with Crippen LogP contribution in [0.15, 0.2) is 53.0 Å². The number of likely N-dealkylation sites (N-methyl/N-ethyl adjacent to an activating group) is 1. The van der Waals surface area contributed by atoms with E-state index in [2.05, 4.69) is 70.6 Å². The maximum absolute atomic E-state index is 5.29. The van der Waals surface area contributed by atoms with Crippen LogP contribution >= 0.6 is 15.9 Å². The van der Waals surface area contributed by atoms with E-state index in [0.717, 1.165) is 16.6 Å². The molecule has 0 aromatic heterocycles. The Bertz CT molecular complexity index is 571. The summed E-state index contributed by atoms with van der Waals surface area (Å²) in [7, 11) is 3.72. The first-order valence-corrected chi connectivity index (χ1v) is 7.99. The molecule has 21 heavy (non-hydrogen) atoms. The summed E-state index contributed by atoms with van der Waals surface area (Å²) in [6.45, 7) is 2.27. The van der Waals surface area contributed by atoms with Crippen LogP contribution in [0.1, 0.15) is 24.0 Å². The van der Waals surface area contributed by atoms with E-state index in [1.165, 1.54) is 11.1 Å². The molecule has 3 heteroatoms. The Kier molecular flexibility index (Phi) is 5.83. The number of methoxy groups -OCH3 is 1. The molecule has 0 saturated carbocycles. The van der Waals surface area contributed by atoms with Crippen LogP contribution < -0.4 is 10.1 Å². The predicted octanol–water partition coefficient (Wildman–Crippen LogP) is 4.39. The summed E-state index contributed by atoms with van der Waals surface area (Å²) < 4.78 is 6.29. The zero-order valence-corrected chi connectivity index (χ0v) is 14.4. The first kappa shape index (κ1) is 16.1. The quantitative estimate of drug-likeness (QED) is 0.836. The van der Waals surface area contributed by atoms with Crippen molar-refractivity contribution in [2.45, 2.75) is 25.3 Å². The number of rotatable bonds is 6. The van der Waals surface area contributed by atoms with E-state index in [1.807, 2.05) is 13.1 Å². The summed E-state index contributed by atoms with van der Waals surface area (Å²) in [5.41, 5.74) is 2.66. The number of halogens is 1.